The summed E-state index contributed by atoms with van der Waals surface area (Å²) in [5.74, 6) is 0.584. The minimum absolute atomic E-state index is 0.0392. The fourth-order valence-corrected chi connectivity index (χ4v) is 4.03. The lowest BCUT2D eigenvalue weighted by atomic mass is 10.0. The van der Waals surface area contributed by atoms with E-state index >= 15 is 0 Å². The van der Waals surface area contributed by atoms with Crippen molar-refractivity contribution >= 4 is 17.5 Å². The van der Waals surface area contributed by atoms with Crippen LogP contribution in [0.3, 0.4) is 0 Å². The standard InChI is InChI=1S/C25H34N4O3/c1-18(2)26-23(30)17-28-12-14-29(15-13-28)24(20-8-6-5-7-9-20)25(31)27-21-16-19(3)10-11-22(21)32-4/h5-11,16,18,24H,12-15,17H2,1-4H3,(H,26,30)(H,27,31). The number of methoxy groups -OCH3 is 1. The number of carbonyl (C=O) groups is 2. The van der Waals surface area contributed by atoms with E-state index in [1.54, 1.807) is 7.11 Å². The molecule has 2 aromatic carbocycles. The molecule has 1 saturated heterocycles. The van der Waals surface area contributed by atoms with Gasteiger partial charge < -0.3 is 15.4 Å². The molecule has 0 spiro atoms. The Morgan fingerprint density at radius 3 is 2.34 bits per heavy atom. The van der Waals surface area contributed by atoms with Crippen LogP contribution in [0.1, 0.15) is 31.0 Å². The van der Waals surface area contributed by atoms with Crippen LogP contribution in [0.5, 0.6) is 5.75 Å². The molecule has 1 heterocycles. The molecule has 7 nitrogen and oxygen atoms in total. The van der Waals surface area contributed by atoms with Gasteiger partial charge in [-0.05, 0) is 44.0 Å². The average molecular weight is 439 g/mol. The molecule has 7 heteroatoms. The average Bonchev–Trinajstić information content (AvgIpc) is 2.75. The number of aryl methyl sites for hydroxylation is 1. The highest BCUT2D eigenvalue weighted by atomic mass is 16.5. The van der Waals surface area contributed by atoms with Gasteiger partial charge in [-0.15, -0.1) is 0 Å². The monoisotopic (exact) mass is 438 g/mol. The molecule has 2 aromatic rings. The van der Waals surface area contributed by atoms with E-state index in [4.69, 9.17) is 4.74 Å². The van der Waals surface area contributed by atoms with Gasteiger partial charge in [0.2, 0.25) is 11.8 Å². The van der Waals surface area contributed by atoms with Gasteiger partial charge in [0.15, 0.2) is 0 Å². The summed E-state index contributed by atoms with van der Waals surface area (Å²) in [5, 5.41) is 6.02. The molecule has 0 saturated carbocycles. The van der Waals surface area contributed by atoms with Crippen molar-refractivity contribution in [2.45, 2.75) is 32.9 Å². The van der Waals surface area contributed by atoms with E-state index in [1.165, 1.54) is 0 Å². The number of anilines is 1. The van der Waals surface area contributed by atoms with Gasteiger partial charge in [-0.2, -0.15) is 0 Å². The highest BCUT2D eigenvalue weighted by Crippen LogP contribution is 2.29. The zero-order valence-corrected chi connectivity index (χ0v) is 19.4. The molecule has 1 unspecified atom stereocenters. The molecule has 0 aromatic heterocycles. The summed E-state index contributed by atoms with van der Waals surface area (Å²) in [6, 6.07) is 15.3. The van der Waals surface area contributed by atoms with E-state index < -0.39 is 6.04 Å². The van der Waals surface area contributed by atoms with Crippen LogP contribution >= 0.6 is 0 Å². The molecule has 1 aliphatic rings. The maximum absolute atomic E-state index is 13.5. The maximum Gasteiger partial charge on any atom is 0.246 e. The first-order valence-corrected chi connectivity index (χ1v) is 11.1. The van der Waals surface area contributed by atoms with Gasteiger partial charge in [0.05, 0.1) is 19.3 Å². The number of nitrogens with zero attached hydrogens (tertiary/aromatic N) is 2. The van der Waals surface area contributed by atoms with Crippen LogP contribution in [0, 0.1) is 6.92 Å². The van der Waals surface area contributed by atoms with Gasteiger partial charge in [0.1, 0.15) is 11.8 Å². The molecular formula is C25H34N4O3. The van der Waals surface area contributed by atoms with Crippen LogP contribution in [-0.2, 0) is 9.59 Å². The molecular weight excluding hydrogens is 404 g/mol. The van der Waals surface area contributed by atoms with Gasteiger partial charge in [0, 0.05) is 32.2 Å². The Bertz CT molecular complexity index is 909. The number of ether oxygens (including phenoxy) is 1. The van der Waals surface area contributed by atoms with E-state index in [0.29, 0.717) is 31.1 Å². The van der Waals surface area contributed by atoms with Crippen LogP contribution < -0.4 is 15.4 Å². The topological polar surface area (TPSA) is 73.9 Å². The van der Waals surface area contributed by atoms with Crippen LogP contribution in [0.2, 0.25) is 0 Å². The second-order valence-electron chi connectivity index (χ2n) is 8.54. The number of amides is 2. The molecule has 1 fully saturated rings. The Balaban J connectivity index is 1.73. The highest BCUT2D eigenvalue weighted by Gasteiger charge is 2.31. The number of hydrogen-bond acceptors (Lipinski definition) is 5. The minimum atomic E-state index is -0.423. The van der Waals surface area contributed by atoms with Gasteiger partial charge in [-0.3, -0.25) is 19.4 Å². The molecule has 0 aliphatic carbocycles. The summed E-state index contributed by atoms with van der Waals surface area (Å²) in [4.78, 5) is 29.9. The number of carbonyl (C=O) groups excluding carboxylic acids is 2. The van der Waals surface area contributed by atoms with Gasteiger partial charge in [-0.1, -0.05) is 36.4 Å². The third kappa shape index (κ3) is 6.31. The summed E-state index contributed by atoms with van der Waals surface area (Å²) in [5.41, 5.74) is 2.66. The van der Waals surface area contributed by atoms with Crippen LogP contribution in [0.25, 0.3) is 0 Å². The predicted octanol–water partition coefficient (Wildman–Crippen LogP) is 2.83. The lowest BCUT2D eigenvalue weighted by molar-refractivity contribution is -0.125. The largest absolute Gasteiger partial charge is 0.495 e. The van der Waals surface area contributed by atoms with Crippen LogP contribution in [0.4, 0.5) is 5.69 Å². The Morgan fingerprint density at radius 1 is 1.03 bits per heavy atom. The molecule has 2 N–H and O–H groups in total. The Morgan fingerprint density at radius 2 is 1.72 bits per heavy atom. The molecule has 2 amide bonds. The lowest BCUT2D eigenvalue weighted by Crippen LogP contribution is -2.52. The second-order valence-corrected chi connectivity index (χ2v) is 8.54. The van der Waals surface area contributed by atoms with Crippen molar-refractivity contribution in [2.24, 2.45) is 0 Å². The number of hydrogen-bond donors (Lipinski definition) is 2. The normalized spacial score (nSPS) is 15.9. The summed E-state index contributed by atoms with van der Waals surface area (Å²) in [6.07, 6.45) is 0. The first-order valence-electron chi connectivity index (χ1n) is 11.1. The Kier molecular flexibility index (Phi) is 8.25. The van der Waals surface area contributed by atoms with Crippen molar-refractivity contribution < 1.29 is 14.3 Å². The lowest BCUT2D eigenvalue weighted by Gasteiger charge is -2.38. The zero-order valence-electron chi connectivity index (χ0n) is 19.4. The first-order chi connectivity index (χ1) is 15.4. The van der Waals surface area contributed by atoms with Crippen molar-refractivity contribution in [3.63, 3.8) is 0 Å². The highest BCUT2D eigenvalue weighted by molar-refractivity contribution is 5.96. The second kappa shape index (κ2) is 11.1. The molecule has 3 rings (SSSR count). The minimum Gasteiger partial charge on any atom is -0.495 e. The smallest absolute Gasteiger partial charge is 0.246 e. The third-order valence-electron chi connectivity index (χ3n) is 5.57. The molecule has 0 radical (unpaired) electrons. The maximum atomic E-state index is 13.5. The molecule has 32 heavy (non-hydrogen) atoms. The van der Waals surface area contributed by atoms with E-state index in [2.05, 4.69) is 20.4 Å². The Hall–Kier alpha value is -2.90. The van der Waals surface area contributed by atoms with Crippen LogP contribution in [0.15, 0.2) is 48.5 Å². The van der Waals surface area contributed by atoms with E-state index in [9.17, 15) is 9.59 Å². The summed E-state index contributed by atoms with van der Waals surface area (Å²) < 4.78 is 5.44. The quantitative estimate of drug-likeness (QED) is 0.663. The third-order valence-corrected chi connectivity index (χ3v) is 5.57. The van der Waals surface area contributed by atoms with Crippen molar-refractivity contribution in [1.82, 2.24) is 15.1 Å². The number of nitrogens with one attached hydrogen (secondary N) is 2. The molecule has 1 atom stereocenters. The SMILES string of the molecule is COc1ccc(C)cc1NC(=O)C(c1ccccc1)N1CCN(CC(=O)NC(C)C)CC1. The van der Waals surface area contributed by atoms with E-state index in [1.807, 2.05) is 69.3 Å². The number of rotatable bonds is 8. The predicted molar refractivity (Wildman–Crippen MR) is 127 cm³/mol. The van der Waals surface area contributed by atoms with Crippen molar-refractivity contribution in [1.29, 1.82) is 0 Å². The van der Waals surface area contributed by atoms with Gasteiger partial charge >= 0.3 is 0 Å². The summed E-state index contributed by atoms with van der Waals surface area (Å²) in [6.45, 7) is 9.16. The van der Waals surface area contributed by atoms with Crippen molar-refractivity contribution in [3.05, 3.63) is 59.7 Å². The number of piperazine rings is 1. The first kappa shape index (κ1) is 23.8. The van der Waals surface area contributed by atoms with Gasteiger partial charge in [0.25, 0.3) is 0 Å². The molecule has 1 aliphatic heterocycles. The number of benzene rings is 2. The zero-order chi connectivity index (χ0) is 23.1. The fourth-order valence-electron chi connectivity index (χ4n) is 4.03. The fraction of sp³-hybridized carbons (Fsp3) is 0.440. The summed E-state index contributed by atoms with van der Waals surface area (Å²) in [7, 11) is 1.60. The van der Waals surface area contributed by atoms with E-state index in [-0.39, 0.29) is 17.9 Å². The Labute approximate surface area is 190 Å². The molecule has 172 valence electrons. The van der Waals surface area contributed by atoms with Crippen LogP contribution in [-0.4, -0.2) is 67.5 Å². The summed E-state index contributed by atoms with van der Waals surface area (Å²) >= 11 is 0. The van der Waals surface area contributed by atoms with Crippen molar-refractivity contribution in [3.8, 4) is 5.75 Å². The molecule has 0 bridgehead atoms. The van der Waals surface area contributed by atoms with E-state index in [0.717, 1.165) is 24.2 Å². The van der Waals surface area contributed by atoms with Crippen molar-refractivity contribution in [2.75, 3.05) is 45.2 Å². The van der Waals surface area contributed by atoms with Gasteiger partial charge in [-0.25, -0.2) is 0 Å².